The molecule has 3 aromatic rings. The van der Waals surface area contributed by atoms with Gasteiger partial charge in [0.05, 0.1) is 24.9 Å². The zero-order valence-corrected chi connectivity index (χ0v) is 22.2. The zero-order valence-electron chi connectivity index (χ0n) is 19.0. The van der Waals surface area contributed by atoms with E-state index < -0.39 is 10.0 Å². The van der Waals surface area contributed by atoms with Crippen LogP contribution in [0.25, 0.3) is 0 Å². The molecule has 0 amide bonds. The molecule has 1 saturated heterocycles. The van der Waals surface area contributed by atoms with E-state index in [1.165, 1.54) is 16.4 Å². The summed E-state index contributed by atoms with van der Waals surface area (Å²) in [6.07, 6.45) is 0.631. The Hall–Kier alpha value is -2.04. The summed E-state index contributed by atoms with van der Waals surface area (Å²) < 4.78 is 38.6. The molecule has 182 valence electrons. The first kappa shape index (κ1) is 25.1. The molecule has 1 aliphatic heterocycles. The van der Waals surface area contributed by atoms with E-state index in [0.29, 0.717) is 43.2 Å². The van der Waals surface area contributed by atoms with Gasteiger partial charge in [0.2, 0.25) is 10.0 Å². The van der Waals surface area contributed by atoms with Crippen molar-refractivity contribution in [1.82, 2.24) is 9.29 Å². The van der Waals surface area contributed by atoms with Gasteiger partial charge < -0.3 is 14.4 Å². The van der Waals surface area contributed by atoms with E-state index in [1.54, 1.807) is 32.5 Å². The van der Waals surface area contributed by atoms with Crippen molar-refractivity contribution < 1.29 is 17.9 Å². The first-order valence-electron chi connectivity index (χ1n) is 10.6. The summed E-state index contributed by atoms with van der Waals surface area (Å²) in [7, 11) is -0.454. The summed E-state index contributed by atoms with van der Waals surface area (Å²) in [4.78, 5) is 6.99. The molecule has 0 unspecified atom stereocenters. The summed E-state index contributed by atoms with van der Waals surface area (Å²) in [6.45, 7) is 3.55. The summed E-state index contributed by atoms with van der Waals surface area (Å²) in [6, 6.07) is 8.75. The van der Waals surface area contributed by atoms with E-state index >= 15 is 0 Å². The third-order valence-corrected chi connectivity index (χ3v) is 9.47. The molecule has 0 N–H and O–H groups in total. The highest BCUT2D eigenvalue weighted by molar-refractivity contribution is 7.89. The minimum Gasteiger partial charge on any atom is -0.497 e. The summed E-state index contributed by atoms with van der Waals surface area (Å²) >= 11 is 13.8. The fourth-order valence-electron chi connectivity index (χ4n) is 3.80. The number of rotatable bonds is 7. The van der Waals surface area contributed by atoms with Gasteiger partial charge in [-0.3, -0.25) is 0 Å². The number of anilines is 1. The van der Waals surface area contributed by atoms with Crippen molar-refractivity contribution in [3.05, 3.63) is 62.6 Å². The number of piperazine rings is 1. The molecule has 0 spiro atoms. The predicted octanol–water partition coefficient (Wildman–Crippen LogP) is 4.88. The van der Waals surface area contributed by atoms with Crippen LogP contribution in [0.2, 0.25) is 10.0 Å². The van der Waals surface area contributed by atoms with E-state index in [2.05, 4.69) is 4.90 Å². The van der Waals surface area contributed by atoms with Crippen molar-refractivity contribution in [3.8, 4) is 11.5 Å². The molecule has 0 bridgehead atoms. The Bertz CT molecular complexity index is 1290. The smallest absolute Gasteiger partial charge is 0.244 e. The maximum atomic E-state index is 13.2. The zero-order chi connectivity index (χ0) is 24.5. The number of hydrogen-bond donors (Lipinski definition) is 0. The van der Waals surface area contributed by atoms with Gasteiger partial charge in [-0.2, -0.15) is 4.31 Å². The average Bonchev–Trinajstić information content (AvgIpc) is 3.30. The van der Waals surface area contributed by atoms with Crippen molar-refractivity contribution in [2.45, 2.75) is 18.2 Å². The summed E-state index contributed by atoms with van der Waals surface area (Å²) in [5.74, 6) is 1.49. The Morgan fingerprint density at radius 2 is 1.76 bits per heavy atom. The van der Waals surface area contributed by atoms with Gasteiger partial charge in [0.1, 0.15) is 16.4 Å². The number of thiazole rings is 1. The van der Waals surface area contributed by atoms with Gasteiger partial charge >= 0.3 is 0 Å². The van der Waals surface area contributed by atoms with Crippen LogP contribution in [-0.4, -0.2) is 58.1 Å². The van der Waals surface area contributed by atoms with Gasteiger partial charge in [0.15, 0.2) is 5.13 Å². The fourth-order valence-corrected chi connectivity index (χ4v) is 6.91. The van der Waals surface area contributed by atoms with Gasteiger partial charge in [-0.05, 0) is 30.7 Å². The fraction of sp³-hybridized carbons (Fsp3) is 0.348. The van der Waals surface area contributed by atoms with Crippen LogP contribution in [0.5, 0.6) is 11.5 Å². The maximum absolute atomic E-state index is 13.2. The average molecular weight is 543 g/mol. The predicted molar refractivity (Wildman–Crippen MR) is 137 cm³/mol. The number of sulfonamides is 1. The van der Waals surface area contributed by atoms with Crippen LogP contribution in [-0.2, 0) is 16.4 Å². The monoisotopic (exact) mass is 541 g/mol. The van der Waals surface area contributed by atoms with E-state index in [1.807, 2.05) is 23.6 Å². The molecule has 0 aliphatic carbocycles. The van der Waals surface area contributed by atoms with Crippen LogP contribution in [0.4, 0.5) is 5.13 Å². The lowest BCUT2D eigenvalue weighted by Crippen LogP contribution is -2.48. The minimum atomic E-state index is -3.71. The second kappa shape index (κ2) is 10.3. The molecule has 7 nitrogen and oxygen atoms in total. The van der Waals surface area contributed by atoms with Gasteiger partial charge in [-0.15, -0.1) is 11.3 Å². The van der Waals surface area contributed by atoms with Crippen LogP contribution in [0, 0.1) is 6.92 Å². The van der Waals surface area contributed by atoms with E-state index in [9.17, 15) is 8.42 Å². The van der Waals surface area contributed by atoms with Gasteiger partial charge in [-0.1, -0.05) is 29.3 Å². The largest absolute Gasteiger partial charge is 0.497 e. The van der Waals surface area contributed by atoms with Gasteiger partial charge in [0, 0.05) is 54.6 Å². The third-order valence-electron chi connectivity index (χ3n) is 5.75. The van der Waals surface area contributed by atoms with Gasteiger partial charge in [-0.25, -0.2) is 13.4 Å². The highest BCUT2D eigenvalue weighted by Gasteiger charge is 2.31. The summed E-state index contributed by atoms with van der Waals surface area (Å²) in [5.41, 5.74) is 2.63. The lowest BCUT2D eigenvalue weighted by molar-refractivity contribution is 0.384. The highest BCUT2D eigenvalue weighted by Crippen LogP contribution is 2.32. The second-order valence-electron chi connectivity index (χ2n) is 7.90. The van der Waals surface area contributed by atoms with E-state index in [-0.39, 0.29) is 9.92 Å². The molecule has 4 rings (SSSR count). The Labute approximate surface area is 213 Å². The van der Waals surface area contributed by atoms with E-state index in [0.717, 1.165) is 27.9 Å². The molecular formula is C23H25Cl2N3O4S2. The third kappa shape index (κ3) is 5.13. The molecule has 1 aliphatic rings. The molecule has 1 aromatic heterocycles. The first-order chi connectivity index (χ1) is 16.2. The topological polar surface area (TPSA) is 72.0 Å². The van der Waals surface area contributed by atoms with Crippen molar-refractivity contribution in [3.63, 3.8) is 0 Å². The lowest BCUT2D eigenvalue weighted by Gasteiger charge is -2.34. The molecule has 34 heavy (non-hydrogen) atoms. The van der Waals surface area contributed by atoms with Crippen molar-refractivity contribution in [2.24, 2.45) is 0 Å². The Kier molecular flexibility index (Phi) is 7.59. The number of methoxy groups -OCH3 is 2. The van der Waals surface area contributed by atoms with Crippen LogP contribution in [0.1, 0.15) is 16.8 Å². The Morgan fingerprint density at radius 3 is 2.44 bits per heavy atom. The normalized spacial score (nSPS) is 14.9. The molecule has 0 radical (unpaired) electrons. The number of halogens is 2. The van der Waals surface area contributed by atoms with Crippen LogP contribution < -0.4 is 14.4 Å². The number of ether oxygens (including phenoxy) is 2. The molecule has 2 heterocycles. The molecule has 2 aromatic carbocycles. The first-order valence-corrected chi connectivity index (χ1v) is 13.7. The SMILES string of the molecule is COc1ccc(Cc2csc(N3CCN(S(=O)(=O)c4cc(C)c(Cl)cc4Cl)CC3)n2)c(OC)c1. The van der Waals surface area contributed by atoms with Crippen molar-refractivity contribution in [1.29, 1.82) is 0 Å². The van der Waals surface area contributed by atoms with E-state index in [4.69, 9.17) is 37.7 Å². The van der Waals surface area contributed by atoms with Crippen LogP contribution in [0.3, 0.4) is 0 Å². The molecular weight excluding hydrogens is 517 g/mol. The molecule has 11 heteroatoms. The van der Waals surface area contributed by atoms with Gasteiger partial charge in [0.25, 0.3) is 0 Å². The maximum Gasteiger partial charge on any atom is 0.244 e. The number of benzene rings is 2. The Morgan fingerprint density at radius 1 is 1.03 bits per heavy atom. The van der Waals surface area contributed by atoms with Crippen molar-refractivity contribution in [2.75, 3.05) is 45.3 Å². The standard InChI is InChI=1S/C23H25Cl2N3O4S2/c1-15-10-22(20(25)13-19(15)24)34(29,30)28-8-6-27(7-9-28)23-26-17(14-33-23)11-16-4-5-18(31-2)12-21(16)32-3/h4-5,10,12-14H,6-9,11H2,1-3H3. The highest BCUT2D eigenvalue weighted by atomic mass is 35.5. The lowest BCUT2D eigenvalue weighted by atomic mass is 10.1. The number of hydrogen-bond acceptors (Lipinski definition) is 7. The molecule has 1 fully saturated rings. The quantitative estimate of drug-likeness (QED) is 0.424. The Balaban J connectivity index is 1.43. The minimum absolute atomic E-state index is 0.0921. The number of aromatic nitrogens is 1. The van der Waals surface area contributed by atoms with Crippen LogP contribution in [0.15, 0.2) is 40.6 Å². The molecule has 0 saturated carbocycles. The summed E-state index contributed by atoms with van der Waals surface area (Å²) in [5, 5.41) is 3.48. The van der Waals surface area contributed by atoms with Crippen LogP contribution >= 0.6 is 34.5 Å². The van der Waals surface area contributed by atoms with Crippen molar-refractivity contribution >= 4 is 49.7 Å². The number of nitrogens with zero attached hydrogens (tertiary/aromatic N) is 3. The number of aryl methyl sites for hydroxylation is 1. The molecule has 0 atom stereocenters. The second-order valence-corrected chi connectivity index (χ2v) is 11.5.